The van der Waals surface area contributed by atoms with Crippen LogP contribution in [0.2, 0.25) is 5.02 Å². The van der Waals surface area contributed by atoms with Crippen LogP contribution in [0.15, 0.2) is 24.3 Å². The van der Waals surface area contributed by atoms with E-state index in [1.54, 1.807) is 4.90 Å². The Morgan fingerprint density at radius 1 is 1.40 bits per heavy atom. The Morgan fingerprint density at radius 2 is 2.25 bits per heavy atom. The van der Waals surface area contributed by atoms with E-state index in [0.717, 1.165) is 38.2 Å². The molecule has 0 aliphatic carbocycles. The van der Waals surface area contributed by atoms with Crippen molar-refractivity contribution in [2.24, 2.45) is 0 Å². The number of benzene rings is 1. The van der Waals surface area contributed by atoms with Crippen molar-refractivity contribution in [2.75, 3.05) is 39.8 Å². The molecular weight excluding hydrogens is 274 g/mol. The number of nitrogens with zero attached hydrogens (tertiary/aromatic N) is 2. The second-order valence-corrected chi connectivity index (χ2v) is 5.70. The van der Waals surface area contributed by atoms with Crippen molar-refractivity contribution >= 4 is 17.5 Å². The molecule has 0 bridgehead atoms. The number of halogens is 1. The van der Waals surface area contributed by atoms with Crippen LogP contribution in [0.25, 0.3) is 0 Å². The van der Waals surface area contributed by atoms with Gasteiger partial charge in [0.2, 0.25) is 5.91 Å². The van der Waals surface area contributed by atoms with Gasteiger partial charge in [0.05, 0.1) is 6.54 Å². The molecule has 5 heteroatoms. The Hall–Kier alpha value is -1.10. The van der Waals surface area contributed by atoms with Crippen LogP contribution in [-0.2, 0) is 11.3 Å². The smallest absolute Gasteiger partial charge is 0.236 e. The van der Waals surface area contributed by atoms with Crippen molar-refractivity contribution in [1.29, 1.82) is 0 Å². The van der Waals surface area contributed by atoms with Crippen LogP contribution in [0.4, 0.5) is 0 Å². The second kappa shape index (κ2) is 7.62. The summed E-state index contributed by atoms with van der Waals surface area (Å²) in [6, 6.07) is 7.65. The zero-order valence-electron chi connectivity index (χ0n) is 11.9. The molecule has 0 unspecified atom stereocenters. The van der Waals surface area contributed by atoms with Gasteiger partial charge in [-0.1, -0.05) is 23.7 Å². The van der Waals surface area contributed by atoms with Crippen molar-refractivity contribution in [1.82, 2.24) is 15.1 Å². The zero-order chi connectivity index (χ0) is 14.4. The van der Waals surface area contributed by atoms with E-state index < -0.39 is 0 Å². The van der Waals surface area contributed by atoms with Crippen molar-refractivity contribution in [3.63, 3.8) is 0 Å². The van der Waals surface area contributed by atoms with Crippen molar-refractivity contribution in [2.45, 2.75) is 13.0 Å². The third-order valence-corrected chi connectivity index (χ3v) is 3.76. The maximum Gasteiger partial charge on any atom is 0.236 e. The lowest BCUT2D eigenvalue weighted by molar-refractivity contribution is -0.131. The summed E-state index contributed by atoms with van der Waals surface area (Å²) in [7, 11) is 1.85. The van der Waals surface area contributed by atoms with Gasteiger partial charge in [0.1, 0.15) is 0 Å². The predicted octanol–water partition coefficient (Wildman–Crippen LogP) is 1.59. The van der Waals surface area contributed by atoms with E-state index in [0.29, 0.717) is 18.1 Å². The number of hydrogen-bond donors (Lipinski definition) is 1. The minimum absolute atomic E-state index is 0.159. The molecular formula is C15H22ClN3O. The van der Waals surface area contributed by atoms with Crippen LogP contribution >= 0.6 is 11.6 Å². The molecule has 1 aromatic carbocycles. The van der Waals surface area contributed by atoms with E-state index in [4.69, 9.17) is 11.6 Å². The molecule has 1 N–H and O–H groups in total. The first-order valence-corrected chi connectivity index (χ1v) is 7.44. The maximum atomic E-state index is 12.2. The molecule has 1 aliphatic rings. The molecule has 4 nitrogen and oxygen atoms in total. The molecule has 0 spiro atoms. The molecule has 0 aromatic heterocycles. The molecule has 1 amide bonds. The quantitative estimate of drug-likeness (QED) is 0.916. The highest BCUT2D eigenvalue weighted by molar-refractivity contribution is 6.30. The van der Waals surface area contributed by atoms with Gasteiger partial charge in [-0.25, -0.2) is 0 Å². The molecule has 1 aliphatic heterocycles. The summed E-state index contributed by atoms with van der Waals surface area (Å²) in [5, 5.41) is 4.05. The number of amides is 1. The summed E-state index contributed by atoms with van der Waals surface area (Å²) < 4.78 is 0. The number of carbonyl (C=O) groups is 1. The lowest BCUT2D eigenvalue weighted by Crippen LogP contribution is -2.39. The van der Waals surface area contributed by atoms with Crippen LogP contribution in [0.5, 0.6) is 0 Å². The fraction of sp³-hybridized carbons (Fsp3) is 0.533. The summed E-state index contributed by atoms with van der Waals surface area (Å²) in [6.45, 7) is 5.04. The van der Waals surface area contributed by atoms with Crippen LogP contribution in [0.3, 0.4) is 0 Å². The summed E-state index contributed by atoms with van der Waals surface area (Å²) in [5.41, 5.74) is 1.06. The summed E-state index contributed by atoms with van der Waals surface area (Å²) >= 11 is 5.96. The molecule has 110 valence electrons. The van der Waals surface area contributed by atoms with Crippen molar-refractivity contribution in [3.8, 4) is 0 Å². The van der Waals surface area contributed by atoms with Gasteiger partial charge < -0.3 is 10.2 Å². The van der Waals surface area contributed by atoms with Gasteiger partial charge in [0, 0.05) is 31.7 Å². The highest BCUT2D eigenvalue weighted by atomic mass is 35.5. The van der Waals surface area contributed by atoms with Gasteiger partial charge in [-0.05, 0) is 37.2 Å². The number of rotatable bonds is 4. The molecule has 1 heterocycles. The molecule has 2 rings (SSSR count). The normalized spacial score (nSPS) is 16.7. The van der Waals surface area contributed by atoms with Crippen LogP contribution < -0.4 is 5.32 Å². The van der Waals surface area contributed by atoms with Gasteiger partial charge in [0.25, 0.3) is 0 Å². The molecule has 0 radical (unpaired) electrons. The van der Waals surface area contributed by atoms with E-state index in [1.165, 1.54) is 0 Å². The number of nitrogens with one attached hydrogen (secondary N) is 1. The Balaban J connectivity index is 1.85. The summed E-state index contributed by atoms with van der Waals surface area (Å²) in [6.07, 6.45) is 1.10. The van der Waals surface area contributed by atoms with E-state index in [9.17, 15) is 4.79 Å². The van der Waals surface area contributed by atoms with E-state index >= 15 is 0 Å². The van der Waals surface area contributed by atoms with Gasteiger partial charge in [-0.2, -0.15) is 0 Å². The Labute approximate surface area is 125 Å². The van der Waals surface area contributed by atoms with Crippen LogP contribution in [-0.4, -0.2) is 55.5 Å². The molecule has 1 fully saturated rings. The SMILES string of the molecule is CN(Cc1cccc(Cl)c1)C(=O)CN1CCCNCC1. The monoisotopic (exact) mass is 295 g/mol. The minimum atomic E-state index is 0.159. The lowest BCUT2D eigenvalue weighted by atomic mass is 10.2. The summed E-state index contributed by atoms with van der Waals surface area (Å²) in [5.74, 6) is 0.159. The van der Waals surface area contributed by atoms with Gasteiger partial charge in [-0.3, -0.25) is 9.69 Å². The van der Waals surface area contributed by atoms with E-state index in [1.807, 2.05) is 31.3 Å². The minimum Gasteiger partial charge on any atom is -0.340 e. The molecule has 0 saturated carbocycles. The van der Waals surface area contributed by atoms with E-state index in [-0.39, 0.29) is 5.91 Å². The lowest BCUT2D eigenvalue weighted by Gasteiger charge is -2.23. The van der Waals surface area contributed by atoms with Gasteiger partial charge in [0.15, 0.2) is 0 Å². The number of likely N-dealkylation sites (N-methyl/N-ethyl adjacent to an activating group) is 1. The molecule has 1 aromatic rings. The average Bonchev–Trinajstić information content (AvgIpc) is 2.67. The van der Waals surface area contributed by atoms with E-state index in [2.05, 4.69) is 10.2 Å². The Kier molecular flexibility index (Phi) is 5.83. The largest absolute Gasteiger partial charge is 0.340 e. The first-order valence-electron chi connectivity index (χ1n) is 7.06. The highest BCUT2D eigenvalue weighted by Crippen LogP contribution is 2.12. The predicted molar refractivity (Wildman–Crippen MR) is 81.9 cm³/mol. The third kappa shape index (κ3) is 4.78. The Morgan fingerprint density at radius 3 is 3.05 bits per heavy atom. The number of hydrogen-bond acceptors (Lipinski definition) is 3. The zero-order valence-corrected chi connectivity index (χ0v) is 12.7. The van der Waals surface area contributed by atoms with Gasteiger partial charge in [-0.15, -0.1) is 0 Å². The van der Waals surface area contributed by atoms with Crippen molar-refractivity contribution < 1.29 is 4.79 Å². The fourth-order valence-electron chi connectivity index (χ4n) is 2.37. The number of carbonyl (C=O) groups excluding carboxylic acids is 1. The van der Waals surface area contributed by atoms with Crippen molar-refractivity contribution in [3.05, 3.63) is 34.9 Å². The second-order valence-electron chi connectivity index (χ2n) is 5.26. The Bertz CT molecular complexity index is 444. The average molecular weight is 296 g/mol. The molecule has 0 atom stereocenters. The van der Waals surface area contributed by atoms with Crippen LogP contribution in [0, 0.1) is 0 Å². The topological polar surface area (TPSA) is 35.6 Å². The maximum absolute atomic E-state index is 12.2. The molecule has 20 heavy (non-hydrogen) atoms. The third-order valence-electron chi connectivity index (χ3n) is 3.53. The molecule has 1 saturated heterocycles. The van der Waals surface area contributed by atoms with Crippen LogP contribution in [0.1, 0.15) is 12.0 Å². The highest BCUT2D eigenvalue weighted by Gasteiger charge is 2.15. The fourth-order valence-corrected chi connectivity index (χ4v) is 2.58. The summed E-state index contributed by atoms with van der Waals surface area (Å²) in [4.78, 5) is 16.2. The first-order chi connectivity index (χ1) is 9.65. The first kappa shape index (κ1) is 15.3. The van der Waals surface area contributed by atoms with Gasteiger partial charge >= 0.3 is 0 Å². The standard InChI is InChI=1S/C15H22ClN3O/c1-18(11-13-4-2-5-14(16)10-13)15(20)12-19-8-3-6-17-7-9-19/h2,4-5,10,17H,3,6-9,11-12H2,1H3.